The average molecular weight is 364 g/mol. The first kappa shape index (κ1) is 18.2. The van der Waals surface area contributed by atoms with E-state index in [9.17, 15) is 9.90 Å². The van der Waals surface area contributed by atoms with Crippen molar-refractivity contribution < 1.29 is 9.90 Å². The van der Waals surface area contributed by atoms with Crippen LogP contribution >= 0.6 is 0 Å². The number of amides is 1. The number of carbonyl (C=O) groups is 1. The van der Waals surface area contributed by atoms with Gasteiger partial charge in [0, 0.05) is 18.7 Å². The number of hydrogen-bond acceptors (Lipinski definition) is 3. The molecule has 0 saturated carbocycles. The molecule has 0 spiro atoms. The minimum absolute atomic E-state index is 0.0224. The zero-order chi connectivity index (χ0) is 18.7. The van der Waals surface area contributed by atoms with E-state index in [0.29, 0.717) is 18.7 Å². The number of nitrogens with zero attached hydrogens (tertiary/aromatic N) is 2. The van der Waals surface area contributed by atoms with E-state index >= 15 is 0 Å². The van der Waals surface area contributed by atoms with E-state index in [1.54, 1.807) is 0 Å². The Labute approximate surface area is 161 Å². The van der Waals surface area contributed by atoms with Gasteiger partial charge < -0.3 is 14.9 Å². The van der Waals surface area contributed by atoms with Gasteiger partial charge in [0.1, 0.15) is 0 Å². The van der Waals surface area contributed by atoms with Crippen LogP contribution < -0.4 is 0 Å². The molecule has 0 radical (unpaired) electrons. The van der Waals surface area contributed by atoms with E-state index < -0.39 is 5.60 Å². The molecule has 4 heteroatoms. The maximum atomic E-state index is 13.0. The molecule has 0 aliphatic carbocycles. The highest BCUT2D eigenvalue weighted by Crippen LogP contribution is 2.26. The lowest BCUT2D eigenvalue weighted by atomic mass is 9.91. The van der Waals surface area contributed by atoms with Gasteiger partial charge in [-0.3, -0.25) is 4.79 Å². The summed E-state index contributed by atoms with van der Waals surface area (Å²) in [6.45, 7) is 3.97. The van der Waals surface area contributed by atoms with Crippen molar-refractivity contribution in [2.24, 2.45) is 0 Å². The van der Waals surface area contributed by atoms with Gasteiger partial charge in [0.25, 0.3) is 5.91 Å². The highest BCUT2D eigenvalue weighted by Gasteiger charge is 2.37. The van der Waals surface area contributed by atoms with Crippen molar-refractivity contribution >= 4 is 5.91 Å². The fourth-order valence-corrected chi connectivity index (χ4v) is 4.39. The summed E-state index contributed by atoms with van der Waals surface area (Å²) in [5.74, 6) is 0.0224. The van der Waals surface area contributed by atoms with Gasteiger partial charge in [-0.05, 0) is 62.0 Å². The number of likely N-dealkylation sites (tertiary alicyclic amines) is 2. The third-order valence-electron chi connectivity index (χ3n) is 5.80. The molecular formula is C23H28N2O2. The average Bonchev–Trinajstić information content (AvgIpc) is 3.20. The topological polar surface area (TPSA) is 43.8 Å². The molecular weight excluding hydrogens is 336 g/mol. The Bertz CT molecular complexity index is 769. The van der Waals surface area contributed by atoms with Crippen molar-refractivity contribution in [3.05, 3.63) is 60.2 Å². The van der Waals surface area contributed by atoms with Crippen LogP contribution in [0.25, 0.3) is 11.1 Å². The molecule has 0 bridgehead atoms. The molecule has 2 heterocycles. The minimum atomic E-state index is -0.776. The van der Waals surface area contributed by atoms with E-state index in [4.69, 9.17) is 0 Å². The van der Waals surface area contributed by atoms with E-state index in [2.05, 4.69) is 17.0 Å². The molecule has 2 aliphatic rings. The number of benzene rings is 2. The van der Waals surface area contributed by atoms with Gasteiger partial charge in [0.05, 0.1) is 12.1 Å². The highest BCUT2D eigenvalue weighted by molar-refractivity contribution is 5.94. The van der Waals surface area contributed by atoms with Gasteiger partial charge in [-0.2, -0.15) is 0 Å². The first-order valence-corrected chi connectivity index (χ1v) is 10.0. The lowest BCUT2D eigenvalue weighted by Gasteiger charge is -2.41. The molecule has 1 unspecified atom stereocenters. The van der Waals surface area contributed by atoms with Crippen LogP contribution in [0, 0.1) is 0 Å². The summed E-state index contributed by atoms with van der Waals surface area (Å²) >= 11 is 0. The van der Waals surface area contributed by atoms with Crippen LogP contribution in [0.5, 0.6) is 0 Å². The van der Waals surface area contributed by atoms with Crippen LogP contribution in [0.1, 0.15) is 36.0 Å². The van der Waals surface area contributed by atoms with Gasteiger partial charge in [-0.15, -0.1) is 0 Å². The van der Waals surface area contributed by atoms with Crippen LogP contribution in [-0.2, 0) is 0 Å². The van der Waals surface area contributed by atoms with Crippen molar-refractivity contribution in [1.29, 1.82) is 0 Å². The Kier molecular flexibility index (Phi) is 5.28. The van der Waals surface area contributed by atoms with Crippen LogP contribution in [0.15, 0.2) is 54.6 Å². The molecule has 2 aromatic rings. The van der Waals surface area contributed by atoms with E-state index in [0.717, 1.165) is 43.6 Å². The molecule has 4 rings (SSSR count). The zero-order valence-electron chi connectivity index (χ0n) is 15.8. The van der Waals surface area contributed by atoms with Gasteiger partial charge in [0.2, 0.25) is 0 Å². The molecule has 2 aromatic carbocycles. The zero-order valence-corrected chi connectivity index (χ0v) is 15.8. The van der Waals surface area contributed by atoms with Crippen molar-refractivity contribution in [2.75, 3.05) is 32.7 Å². The molecule has 1 amide bonds. The number of β-amino-alcohol motifs (C(OH)–C–C–N with tert-alkyl or cyclic N) is 1. The molecule has 1 atom stereocenters. The van der Waals surface area contributed by atoms with Crippen molar-refractivity contribution in [2.45, 2.75) is 31.3 Å². The minimum Gasteiger partial charge on any atom is -0.387 e. The number of aliphatic hydroxyl groups is 1. The second-order valence-corrected chi connectivity index (χ2v) is 7.98. The summed E-state index contributed by atoms with van der Waals surface area (Å²) in [4.78, 5) is 17.1. The van der Waals surface area contributed by atoms with Crippen LogP contribution in [-0.4, -0.2) is 59.1 Å². The highest BCUT2D eigenvalue weighted by atomic mass is 16.3. The van der Waals surface area contributed by atoms with Gasteiger partial charge >= 0.3 is 0 Å². The third kappa shape index (κ3) is 4.23. The summed E-state index contributed by atoms with van der Waals surface area (Å²) in [6.07, 6.45) is 4.07. The summed E-state index contributed by atoms with van der Waals surface area (Å²) in [7, 11) is 0. The smallest absolute Gasteiger partial charge is 0.253 e. The standard InChI is InChI=1S/C23H28N2O2/c26-22(21-11-9-20(10-12-21)19-7-2-1-3-8-19)25-16-6-13-23(27,18-25)17-24-14-4-5-15-24/h1-3,7-12,27H,4-6,13-18H2. The second kappa shape index (κ2) is 7.83. The summed E-state index contributed by atoms with van der Waals surface area (Å²) in [6, 6.07) is 18.0. The fourth-order valence-electron chi connectivity index (χ4n) is 4.39. The number of hydrogen-bond donors (Lipinski definition) is 1. The summed E-state index contributed by atoms with van der Waals surface area (Å²) < 4.78 is 0. The summed E-state index contributed by atoms with van der Waals surface area (Å²) in [5.41, 5.74) is 2.17. The fraction of sp³-hybridized carbons (Fsp3) is 0.435. The third-order valence-corrected chi connectivity index (χ3v) is 5.80. The van der Waals surface area contributed by atoms with E-state index in [1.165, 1.54) is 12.8 Å². The van der Waals surface area contributed by atoms with E-state index in [-0.39, 0.29) is 5.91 Å². The number of rotatable bonds is 4. The van der Waals surface area contributed by atoms with Crippen molar-refractivity contribution in [3.63, 3.8) is 0 Å². The van der Waals surface area contributed by atoms with Gasteiger partial charge in [-0.25, -0.2) is 0 Å². The normalized spacial score (nSPS) is 23.5. The molecule has 142 valence electrons. The van der Waals surface area contributed by atoms with E-state index in [1.807, 2.05) is 47.4 Å². The molecule has 2 saturated heterocycles. The molecule has 2 fully saturated rings. The predicted octanol–water partition coefficient (Wildman–Crippen LogP) is 3.42. The molecule has 4 nitrogen and oxygen atoms in total. The Morgan fingerprint density at radius 1 is 0.889 bits per heavy atom. The first-order chi connectivity index (χ1) is 13.1. The SMILES string of the molecule is O=C(c1ccc(-c2ccccc2)cc1)N1CCCC(O)(CN2CCCC2)C1. The first-order valence-electron chi connectivity index (χ1n) is 10.0. The Morgan fingerprint density at radius 3 is 2.26 bits per heavy atom. The lowest BCUT2D eigenvalue weighted by molar-refractivity contribution is -0.0431. The van der Waals surface area contributed by atoms with Gasteiger partial charge in [-0.1, -0.05) is 42.5 Å². The van der Waals surface area contributed by atoms with Crippen molar-refractivity contribution in [3.8, 4) is 11.1 Å². The van der Waals surface area contributed by atoms with Crippen LogP contribution in [0.4, 0.5) is 0 Å². The maximum absolute atomic E-state index is 13.0. The summed E-state index contributed by atoms with van der Waals surface area (Å²) in [5, 5.41) is 11.1. The molecule has 0 aromatic heterocycles. The number of carbonyl (C=O) groups excluding carboxylic acids is 1. The Hall–Kier alpha value is -2.17. The monoisotopic (exact) mass is 364 g/mol. The largest absolute Gasteiger partial charge is 0.387 e. The quantitative estimate of drug-likeness (QED) is 0.904. The maximum Gasteiger partial charge on any atom is 0.253 e. The van der Waals surface area contributed by atoms with Crippen molar-refractivity contribution in [1.82, 2.24) is 9.80 Å². The second-order valence-electron chi connectivity index (χ2n) is 7.98. The predicted molar refractivity (Wildman–Crippen MR) is 108 cm³/mol. The molecule has 1 N–H and O–H groups in total. The number of piperidine rings is 1. The van der Waals surface area contributed by atoms with Gasteiger partial charge in [0.15, 0.2) is 0 Å². The van der Waals surface area contributed by atoms with Crippen LogP contribution in [0.3, 0.4) is 0 Å². The lowest BCUT2D eigenvalue weighted by Crippen LogP contribution is -2.55. The van der Waals surface area contributed by atoms with Crippen LogP contribution in [0.2, 0.25) is 0 Å². The Morgan fingerprint density at radius 2 is 1.56 bits per heavy atom. The molecule has 2 aliphatic heterocycles. The Balaban J connectivity index is 1.44. The molecule has 27 heavy (non-hydrogen) atoms.